The second-order valence-electron chi connectivity index (χ2n) is 7.47. The van der Waals surface area contributed by atoms with Crippen molar-refractivity contribution in [3.05, 3.63) is 36.2 Å². The highest BCUT2D eigenvalue weighted by Gasteiger charge is 2.51. The summed E-state index contributed by atoms with van der Waals surface area (Å²) < 4.78 is 25.1. The molecule has 0 radical (unpaired) electrons. The molecule has 1 aliphatic rings. The molecule has 26 heavy (non-hydrogen) atoms. The molecule has 0 unspecified atom stereocenters. The molecule has 1 aromatic heterocycles. The van der Waals surface area contributed by atoms with E-state index in [0.29, 0.717) is 13.2 Å². The second kappa shape index (κ2) is 6.97. The molecule has 0 amide bonds. The van der Waals surface area contributed by atoms with Crippen LogP contribution in [0.15, 0.2) is 30.6 Å². The van der Waals surface area contributed by atoms with Crippen molar-refractivity contribution < 1.29 is 18.8 Å². The van der Waals surface area contributed by atoms with E-state index in [2.05, 4.69) is 38.9 Å². The van der Waals surface area contributed by atoms with Crippen molar-refractivity contribution in [2.75, 3.05) is 13.7 Å². The van der Waals surface area contributed by atoms with E-state index in [0.717, 1.165) is 22.5 Å². The maximum atomic E-state index is 6.16. The van der Waals surface area contributed by atoms with Gasteiger partial charge in [-0.05, 0) is 46.1 Å². The molecular weight excluding hydrogens is 331 g/mol. The zero-order valence-corrected chi connectivity index (χ0v) is 16.4. The van der Waals surface area contributed by atoms with Crippen molar-refractivity contribution >= 4 is 12.6 Å². The van der Waals surface area contributed by atoms with Gasteiger partial charge in [0.15, 0.2) is 5.75 Å². The third-order valence-corrected chi connectivity index (χ3v) is 5.08. The lowest BCUT2D eigenvalue weighted by molar-refractivity contribution is 0.00578. The molecule has 2 heterocycles. The highest BCUT2D eigenvalue weighted by Crippen LogP contribution is 2.36. The monoisotopic (exact) mass is 358 g/mol. The quantitative estimate of drug-likeness (QED) is 0.743. The fourth-order valence-corrected chi connectivity index (χ4v) is 2.89. The van der Waals surface area contributed by atoms with E-state index in [1.54, 1.807) is 13.3 Å². The zero-order chi connectivity index (χ0) is 18.9. The first kappa shape index (κ1) is 18.8. The first-order valence-corrected chi connectivity index (χ1v) is 8.93. The van der Waals surface area contributed by atoms with Crippen molar-refractivity contribution in [1.82, 2.24) is 9.78 Å². The van der Waals surface area contributed by atoms with E-state index in [1.165, 1.54) is 0 Å². The topological polar surface area (TPSA) is 54.7 Å². The summed E-state index contributed by atoms with van der Waals surface area (Å²) in [4.78, 5) is 0. The molecule has 0 saturated carbocycles. The third-order valence-electron chi connectivity index (χ3n) is 5.08. The van der Waals surface area contributed by atoms with Gasteiger partial charge < -0.3 is 18.8 Å². The highest BCUT2D eigenvalue weighted by atomic mass is 16.7. The first-order valence-electron chi connectivity index (χ1n) is 8.93. The molecule has 140 valence electrons. The van der Waals surface area contributed by atoms with Crippen LogP contribution in [0, 0.1) is 0 Å². The Morgan fingerprint density at radius 2 is 1.85 bits per heavy atom. The molecule has 0 atom stereocenters. The van der Waals surface area contributed by atoms with Crippen LogP contribution in [0.5, 0.6) is 11.5 Å². The number of rotatable bonds is 6. The number of hydrogen-bond acceptors (Lipinski definition) is 5. The summed E-state index contributed by atoms with van der Waals surface area (Å²) in [5, 5.41) is 4.35. The van der Waals surface area contributed by atoms with Crippen molar-refractivity contribution in [1.29, 1.82) is 0 Å². The van der Waals surface area contributed by atoms with Crippen LogP contribution in [0.3, 0.4) is 0 Å². The van der Waals surface area contributed by atoms with Gasteiger partial charge in [-0.3, -0.25) is 4.68 Å². The van der Waals surface area contributed by atoms with Gasteiger partial charge in [0.25, 0.3) is 0 Å². The minimum Gasteiger partial charge on any atom is -0.496 e. The average molecular weight is 358 g/mol. The van der Waals surface area contributed by atoms with Crippen LogP contribution in [0.1, 0.15) is 40.2 Å². The number of ether oxygens (including phenoxy) is 2. The summed E-state index contributed by atoms with van der Waals surface area (Å²) in [5.74, 6) is 1.56. The zero-order valence-electron chi connectivity index (χ0n) is 16.4. The SMILES string of the molecule is CCOc1cnn(Cc2cc(B3OC(C)(C)C(C)(C)O3)ccc2OC)c1. The Hall–Kier alpha value is -1.99. The molecular formula is C19H27BN2O4. The molecule has 0 aliphatic carbocycles. The lowest BCUT2D eigenvalue weighted by Gasteiger charge is -2.32. The molecule has 0 N–H and O–H groups in total. The summed E-state index contributed by atoms with van der Waals surface area (Å²) in [6.07, 6.45) is 3.60. The lowest BCUT2D eigenvalue weighted by Crippen LogP contribution is -2.41. The standard InChI is InChI=1S/C19H27BN2O4/c1-7-24-16-11-21-22(13-16)12-14-10-15(8-9-17(14)23-6)20-25-18(2,3)19(4,5)26-20/h8-11,13H,7,12H2,1-6H3. The predicted octanol–water partition coefficient (Wildman–Crippen LogP) is 2.64. The first-order chi connectivity index (χ1) is 12.3. The maximum Gasteiger partial charge on any atom is 0.494 e. The van der Waals surface area contributed by atoms with Crippen LogP contribution in [-0.4, -0.2) is 41.8 Å². The van der Waals surface area contributed by atoms with E-state index in [1.807, 2.05) is 29.9 Å². The van der Waals surface area contributed by atoms with E-state index in [9.17, 15) is 0 Å². The number of benzene rings is 1. The Labute approximate surface area is 155 Å². The smallest absolute Gasteiger partial charge is 0.494 e. The Morgan fingerprint density at radius 3 is 2.46 bits per heavy atom. The molecule has 3 rings (SSSR count). The third kappa shape index (κ3) is 3.59. The van der Waals surface area contributed by atoms with Gasteiger partial charge in [-0.2, -0.15) is 5.10 Å². The minimum atomic E-state index is -0.402. The van der Waals surface area contributed by atoms with Gasteiger partial charge in [0.05, 0.1) is 43.9 Å². The van der Waals surface area contributed by atoms with E-state index >= 15 is 0 Å². The molecule has 1 saturated heterocycles. The fraction of sp³-hybridized carbons (Fsp3) is 0.526. The van der Waals surface area contributed by atoms with Crippen molar-refractivity contribution in [2.24, 2.45) is 0 Å². The van der Waals surface area contributed by atoms with Gasteiger partial charge in [-0.25, -0.2) is 0 Å². The Bertz CT molecular complexity index is 757. The summed E-state index contributed by atoms with van der Waals surface area (Å²) in [6.45, 7) is 11.4. The summed E-state index contributed by atoms with van der Waals surface area (Å²) >= 11 is 0. The highest BCUT2D eigenvalue weighted by molar-refractivity contribution is 6.62. The second-order valence-corrected chi connectivity index (χ2v) is 7.47. The number of aromatic nitrogens is 2. The van der Waals surface area contributed by atoms with E-state index < -0.39 is 7.12 Å². The molecule has 1 aliphatic heterocycles. The number of nitrogens with zero attached hydrogens (tertiary/aromatic N) is 2. The van der Waals surface area contributed by atoms with Crippen LogP contribution in [0.4, 0.5) is 0 Å². The molecule has 1 aromatic carbocycles. The van der Waals surface area contributed by atoms with Crippen LogP contribution in [-0.2, 0) is 15.9 Å². The largest absolute Gasteiger partial charge is 0.496 e. The van der Waals surface area contributed by atoms with Crippen LogP contribution in [0.25, 0.3) is 0 Å². The van der Waals surface area contributed by atoms with Gasteiger partial charge in [-0.1, -0.05) is 12.1 Å². The van der Waals surface area contributed by atoms with Crippen molar-refractivity contribution in [3.63, 3.8) is 0 Å². The van der Waals surface area contributed by atoms with Crippen LogP contribution < -0.4 is 14.9 Å². The fourth-order valence-electron chi connectivity index (χ4n) is 2.89. The molecule has 6 nitrogen and oxygen atoms in total. The van der Waals surface area contributed by atoms with Crippen molar-refractivity contribution in [3.8, 4) is 11.5 Å². The van der Waals surface area contributed by atoms with Gasteiger partial charge >= 0.3 is 7.12 Å². The van der Waals surface area contributed by atoms with Gasteiger partial charge in [0.1, 0.15) is 5.75 Å². The normalized spacial score (nSPS) is 18.2. The lowest BCUT2D eigenvalue weighted by atomic mass is 9.78. The minimum absolute atomic E-state index is 0.369. The predicted molar refractivity (Wildman–Crippen MR) is 101 cm³/mol. The molecule has 0 spiro atoms. The number of hydrogen-bond donors (Lipinski definition) is 0. The molecule has 7 heteroatoms. The van der Waals surface area contributed by atoms with E-state index in [-0.39, 0.29) is 11.2 Å². The summed E-state index contributed by atoms with van der Waals surface area (Å²) in [7, 11) is 1.27. The Balaban J connectivity index is 1.85. The Morgan fingerprint density at radius 1 is 1.15 bits per heavy atom. The van der Waals surface area contributed by atoms with Gasteiger partial charge in [0, 0.05) is 5.56 Å². The molecule has 2 aromatic rings. The summed E-state index contributed by atoms with van der Waals surface area (Å²) in [6, 6.07) is 5.99. The molecule has 1 fully saturated rings. The van der Waals surface area contributed by atoms with E-state index in [4.69, 9.17) is 18.8 Å². The molecule has 0 bridgehead atoms. The van der Waals surface area contributed by atoms with Gasteiger partial charge in [-0.15, -0.1) is 0 Å². The van der Waals surface area contributed by atoms with Crippen LogP contribution in [0.2, 0.25) is 0 Å². The van der Waals surface area contributed by atoms with Crippen LogP contribution >= 0.6 is 0 Å². The number of methoxy groups -OCH3 is 1. The summed E-state index contributed by atoms with van der Waals surface area (Å²) in [5.41, 5.74) is 1.24. The maximum absolute atomic E-state index is 6.16. The van der Waals surface area contributed by atoms with Gasteiger partial charge in [0.2, 0.25) is 0 Å². The Kier molecular flexibility index (Phi) is 5.04. The average Bonchev–Trinajstić information content (AvgIpc) is 3.09. The van der Waals surface area contributed by atoms with Crippen molar-refractivity contribution in [2.45, 2.75) is 52.4 Å².